The average Bonchev–Trinajstić information content (AvgIpc) is 3.30. The van der Waals surface area contributed by atoms with Crippen molar-refractivity contribution < 1.29 is 14.3 Å². The number of fused-ring (bicyclic) bond motifs is 1. The number of methoxy groups -OCH3 is 2. The summed E-state index contributed by atoms with van der Waals surface area (Å²) in [6.45, 7) is 2.66. The molecule has 0 saturated carbocycles. The van der Waals surface area contributed by atoms with Crippen LogP contribution >= 0.6 is 11.8 Å². The topological polar surface area (TPSA) is 90.6 Å². The van der Waals surface area contributed by atoms with Crippen LogP contribution in [0.25, 0.3) is 22.2 Å². The van der Waals surface area contributed by atoms with Crippen LogP contribution in [0.3, 0.4) is 0 Å². The van der Waals surface area contributed by atoms with E-state index in [1.807, 2.05) is 72.2 Å². The van der Waals surface area contributed by atoms with Gasteiger partial charge in [-0.2, -0.15) is 5.10 Å². The van der Waals surface area contributed by atoms with Crippen molar-refractivity contribution in [3.8, 4) is 22.9 Å². The average molecular weight is 476 g/mol. The minimum absolute atomic E-state index is 0.164. The standard InChI is InChI=1S/C25H25N5O3S/c1-4-30-24(18-12-13-21(32-2)22(14-18)33-3)28-29-25(30)34-16-23(31)27-26-15-19-10-7-9-17-8-5-6-11-20(17)19/h5-15H,4,16H2,1-3H3,(H,27,31)/b26-15+. The highest BCUT2D eigenvalue weighted by Gasteiger charge is 2.16. The monoisotopic (exact) mass is 475 g/mol. The zero-order chi connectivity index (χ0) is 23.9. The van der Waals surface area contributed by atoms with Gasteiger partial charge in [-0.05, 0) is 35.9 Å². The van der Waals surface area contributed by atoms with E-state index in [0.717, 1.165) is 21.9 Å². The van der Waals surface area contributed by atoms with Crippen LogP contribution in [-0.2, 0) is 11.3 Å². The van der Waals surface area contributed by atoms with E-state index in [1.54, 1.807) is 20.4 Å². The molecule has 0 atom stereocenters. The second-order valence-electron chi connectivity index (χ2n) is 7.27. The van der Waals surface area contributed by atoms with Gasteiger partial charge in [0.1, 0.15) is 0 Å². The number of nitrogens with one attached hydrogen (secondary N) is 1. The van der Waals surface area contributed by atoms with Gasteiger partial charge >= 0.3 is 0 Å². The van der Waals surface area contributed by atoms with E-state index in [9.17, 15) is 4.79 Å². The molecule has 0 saturated heterocycles. The summed E-state index contributed by atoms with van der Waals surface area (Å²) in [7, 11) is 3.19. The highest BCUT2D eigenvalue weighted by atomic mass is 32.2. The lowest BCUT2D eigenvalue weighted by Gasteiger charge is -2.10. The fraction of sp³-hybridized carbons (Fsp3) is 0.200. The highest BCUT2D eigenvalue weighted by molar-refractivity contribution is 7.99. The van der Waals surface area contributed by atoms with Crippen LogP contribution < -0.4 is 14.9 Å². The molecule has 8 nitrogen and oxygen atoms in total. The molecule has 9 heteroatoms. The Kier molecular flexibility index (Phi) is 7.44. The Balaban J connectivity index is 1.41. The lowest BCUT2D eigenvalue weighted by molar-refractivity contribution is -0.118. The first kappa shape index (κ1) is 23.3. The van der Waals surface area contributed by atoms with Crippen LogP contribution in [-0.4, -0.2) is 46.9 Å². The van der Waals surface area contributed by atoms with E-state index in [0.29, 0.717) is 29.0 Å². The van der Waals surface area contributed by atoms with E-state index in [1.165, 1.54) is 11.8 Å². The highest BCUT2D eigenvalue weighted by Crippen LogP contribution is 2.32. The van der Waals surface area contributed by atoms with Crippen molar-refractivity contribution in [2.45, 2.75) is 18.6 Å². The lowest BCUT2D eigenvalue weighted by Crippen LogP contribution is -2.20. The number of thioether (sulfide) groups is 1. The first-order chi connectivity index (χ1) is 16.6. The molecular weight excluding hydrogens is 450 g/mol. The van der Waals surface area contributed by atoms with Gasteiger partial charge in [0.25, 0.3) is 5.91 Å². The maximum absolute atomic E-state index is 12.4. The number of nitrogens with zero attached hydrogens (tertiary/aromatic N) is 4. The van der Waals surface area contributed by atoms with Crippen molar-refractivity contribution in [1.29, 1.82) is 0 Å². The van der Waals surface area contributed by atoms with Gasteiger partial charge in [-0.3, -0.25) is 4.79 Å². The third-order valence-electron chi connectivity index (χ3n) is 5.22. The third kappa shape index (κ3) is 5.04. The number of carbonyl (C=O) groups is 1. The molecule has 1 heterocycles. The number of aromatic nitrogens is 3. The fourth-order valence-corrected chi connectivity index (χ4v) is 4.36. The third-order valence-corrected chi connectivity index (χ3v) is 6.19. The van der Waals surface area contributed by atoms with E-state index in [-0.39, 0.29) is 11.7 Å². The van der Waals surface area contributed by atoms with Gasteiger partial charge in [0, 0.05) is 17.7 Å². The van der Waals surface area contributed by atoms with Gasteiger partial charge in [-0.25, -0.2) is 5.43 Å². The van der Waals surface area contributed by atoms with Crippen LogP contribution in [0.1, 0.15) is 12.5 Å². The Morgan fingerprint density at radius 1 is 1.06 bits per heavy atom. The van der Waals surface area contributed by atoms with Crippen LogP contribution in [0, 0.1) is 0 Å². The lowest BCUT2D eigenvalue weighted by atomic mass is 10.1. The normalized spacial score (nSPS) is 11.1. The molecule has 1 aromatic heterocycles. The Bertz CT molecular complexity index is 1330. The number of hydrogen-bond acceptors (Lipinski definition) is 7. The van der Waals surface area contributed by atoms with Crippen molar-refractivity contribution in [3.05, 3.63) is 66.2 Å². The fourth-order valence-electron chi connectivity index (χ4n) is 3.57. The second kappa shape index (κ2) is 10.8. The van der Waals surface area contributed by atoms with Crippen molar-refractivity contribution in [1.82, 2.24) is 20.2 Å². The largest absolute Gasteiger partial charge is 0.493 e. The number of ether oxygens (including phenoxy) is 2. The van der Waals surface area contributed by atoms with Crippen LogP contribution in [0.5, 0.6) is 11.5 Å². The summed E-state index contributed by atoms with van der Waals surface area (Å²) in [4.78, 5) is 12.4. The van der Waals surface area contributed by atoms with Gasteiger partial charge in [-0.15, -0.1) is 10.2 Å². The van der Waals surface area contributed by atoms with Gasteiger partial charge in [-0.1, -0.05) is 54.2 Å². The minimum Gasteiger partial charge on any atom is -0.493 e. The Morgan fingerprint density at radius 2 is 1.85 bits per heavy atom. The zero-order valence-electron chi connectivity index (χ0n) is 19.2. The molecule has 34 heavy (non-hydrogen) atoms. The van der Waals surface area contributed by atoms with E-state index < -0.39 is 0 Å². The molecule has 4 rings (SSSR count). The number of amides is 1. The van der Waals surface area contributed by atoms with Crippen LogP contribution in [0.15, 0.2) is 70.9 Å². The van der Waals surface area contributed by atoms with Crippen LogP contribution in [0.2, 0.25) is 0 Å². The second-order valence-corrected chi connectivity index (χ2v) is 8.21. The van der Waals surface area contributed by atoms with E-state index in [4.69, 9.17) is 9.47 Å². The molecular formula is C25H25N5O3S. The Hall–Kier alpha value is -3.85. The number of benzene rings is 3. The molecule has 0 aliphatic carbocycles. The predicted molar refractivity (Wildman–Crippen MR) is 135 cm³/mol. The van der Waals surface area contributed by atoms with Crippen molar-refractivity contribution in [2.24, 2.45) is 5.10 Å². The number of carbonyl (C=O) groups excluding carboxylic acids is 1. The summed E-state index contributed by atoms with van der Waals surface area (Å²) in [5.41, 5.74) is 4.38. The summed E-state index contributed by atoms with van der Waals surface area (Å²) >= 11 is 1.31. The van der Waals surface area contributed by atoms with Crippen molar-refractivity contribution in [2.75, 3.05) is 20.0 Å². The molecule has 0 bridgehead atoms. The molecule has 0 radical (unpaired) electrons. The number of hydrazone groups is 1. The smallest absolute Gasteiger partial charge is 0.250 e. The predicted octanol–water partition coefficient (Wildman–Crippen LogP) is 4.38. The SMILES string of the molecule is CCn1c(SCC(=O)N/N=C/c2cccc3ccccc23)nnc1-c1ccc(OC)c(OC)c1. The molecule has 174 valence electrons. The first-order valence-corrected chi connectivity index (χ1v) is 11.7. The molecule has 0 spiro atoms. The molecule has 1 amide bonds. The zero-order valence-corrected chi connectivity index (χ0v) is 20.0. The molecule has 4 aromatic rings. The summed E-state index contributed by atoms with van der Waals surface area (Å²) in [5, 5.41) is 15.6. The maximum Gasteiger partial charge on any atom is 0.250 e. The van der Waals surface area contributed by atoms with Gasteiger partial charge in [0.05, 0.1) is 26.2 Å². The molecule has 0 aliphatic heterocycles. The van der Waals surface area contributed by atoms with Gasteiger partial charge in [0.15, 0.2) is 22.5 Å². The number of hydrogen-bond donors (Lipinski definition) is 1. The Morgan fingerprint density at radius 3 is 2.65 bits per heavy atom. The molecule has 0 aliphatic rings. The molecule has 1 N–H and O–H groups in total. The molecule has 3 aromatic carbocycles. The summed E-state index contributed by atoms with van der Waals surface area (Å²) in [5.74, 6) is 1.89. The first-order valence-electron chi connectivity index (χ1n) is 10.7. The Labute approximate surface area is 202 Å². The summed E-state index contributed by atoms with van der Waals surface area (Å²) in [6, 6.07) is 19.6. The van der Waals surface area contributed by atoms with Crippen molar-refractivity contribution in [3.63, 3.8) is 0 Å². The van der Waals surface area contributed by atoms with Crippen LogP contribution in [0.4, 0.5) is 0 Å². The maximum atomic E-state index is 12.4. The quantitative estimate of drug-likeness (QED) is 0.220. The molecule has 0 unspecified atom stereocenters. The summed E-state index contributed by atoms with van der Waals surface area (Å²) < 4.78 is 12.7. The van der Waals surface area contributed by atoms with E-state index in [2.05, 4.69) is 20.7 Å². The van der Waals surface area contributed by atoms with E-state index >= 15 is 0 Å². The summed E-state index contributed by atoms with van der Waals surface area (Å²) in [6.07, 6.45) is 1.66. The van der Waals surface area contributed by atoms with Gasteiger partial charge < -0.3 is 14.0 Å². The number of rotatable bonds is 9. The minimum atomic E-state index is -0.222. The van der Waals surface area contributed by atoms with Gasteiger partial charge in [0.2, 0.25) is 0 Å². The molecule has 0 fully saturated rings. The van der Waals surface area contributed by atoms with Crippen molar-refractivity contribution >= 4 is 34.7 Å².